The van der Waals surface area contributed by atoms with Gasteiger partial charge < -0.3 is 9.05 Å². The van der Waals surface area contributed by atoms with E-state index in [4.69, 9.17) is 20.9 Å². The van der Waals surface area contributed by atoms with Gasteiger partial charge in [-0.3, -0.25) is 10.1 Å². The van der Waals surface area contributed by atoms with E-state index in [1.54, 1.807) is 6.07 Å². The summed E-state index contributed by atoms with van der Waals surface area (Å²) < 4.78 is 13.8. The first-order valence-electron chi connectivity index (χ1n) is 6.55. The van der Waals surface area contributed by atoms with Crippen molar-refractivity contribution in [3.8, 4) is 5.75 Å². The molecule has 8 heteroatoms. The number of rotatable bonds is 2. The lowest BCUT2D eigenvalue weighted by Gasteiger charge is -2.38. The third-order valence-corrected chi connectivity index (χ3v) is 6.74. The van der Waals surface area contributed by atoms with Gasteiger partial charge in [0.15, 0.2) is 0 Å². The van der Waals surface area contributed by atoms with Crippen LogP contribution in [0.4, 0.5) is 5.69 Å². The molecule has 1 atom stereocenters. The largest absolute Gasteiger partial charge is 0.432 e. The molecule has 0 saturated carbocycles. The Kier molecular flexibility index (Phi) is 3.77. The van der Waals surface area contributed by atoms with E-state index in [9.17, 15) is 10.1 Å². The van der Waals surface area contributed by atoms with E-state index in [1.807, 2.05) is 0 Å². The molecule has 0 radical (unpaired) electrons. The second kappa shape index (κ2) is 5.41. The van der Waals surface area contributed by atoms with E-state index in [0.29, 0.717) is 11.3 Å². The van der Waals surface area contributed by atoms with Crippen molar-refractivity contribution in [2.45, 2.75) is 25.9 Å². The first-order chi connectivity index (χ1) is 9.58. The molecule has 0 aliphatic carbocycles. The van der Waals surface area contributed by atoms with E-state index < -0.39 is 11.6 Å². The van der Waals surface area contributed by atoms with Crippen LogP contribution < -0.4 is 4.52 Å². The van der Waals surface area contributed by atoms with Gasteiger partial charge in [-0.05, 0) is 30.7 Å². The first-order valence-corrected chi connectivity index (χ1v) is 9.14. The highest BCUT2D eigenvalue weighted by Crippen LogP contribution is 2.57. The van der Waals surface area contributed by atoms with Crippen LogP contribution in [-0.4, -0.2) is 22.7 Å². The topological polar surface area (TPSA) is 64.8 Å². The smallest absolute Gasteiger partial charge is 0.315 e. The van der Waals surface area contributed by atoms with Gasteiger partial charge in [-0.25, -0.2) is 4.67 Å². The Bertz CT molecular complexity index is 589. The zero-order valence-electron chi connectivity index (χ0n) is 10.9. The molecule has 2 aliphatic heterocycles. The number of nitro groups is 1. The quantitative estimate of drug-likeness (QED) is 0.474. The Morgan fingerprint density at radius 1 is 1.30 bits per heavy atom. The Hall–Kier alpha value is -1.01. The Morgan fingerprint density at radius 2 is 2.05 bits per heavy atom. The molecule has 108 valence electrons. The average Bonchev–Trinajstić information content (AvgIpc) is 2.47. The van der Waals surface area contributed by atoms with Crippen molar-refractivity contribution >= 4 is 24.1 Å². The number of hydrogen-bond donors (Lipinski definition) is 0. The molecular formula is C12H15N2O4PS. The maximum Gasteiger partial charge on any atom is 0.315 e. The number of benzene rings is 1. The first kappa shape index (κ1) is 13.9. The van der Waals surface area contributed by atoms with Crippen LogP contribution in [0.25, 0.3) is 0 Å². The molecule has 1 unspecified atom stereocenters. The van der Waals surface area contributed by atoms with Crippen LogP contribution in [0.15, 0.2) is 18.2 Å². The molecule has 1 aromatic carbocycles. The van der Waals surface area contributed by atoms with Gasteiger partial charge in [0.2, 0.25) is 0 Å². The van der Waals surface area contributed by atoms with E-state index >= 15 is 0 Å². The highest BCUT2D eigenvalue weighted by molar-refractivity contribution is 8.08. The lowest BCUT2D eigenvalue weighted by Crippen LogP contribution is -2.31. The lowest BCUT2D eigenvalue weighted by atomic mass is 10.2. The van der Waals surface area contributed by atoms with Crippen molar-refractivity contribution in [3.63, 3.8) is 0 Å². The van der Waals surface area contributed by atoms with Crippen molar-refractivity contribution in [3.05, 3.63) is 33.9 Å². The number of nitrogens with zero attached hydrogens (tertiary/aromatic N) is 2. The summed E-state index contributed by atoms with van der Waals surface area (Å²) in [5.74, 6) is 0.621. The molecule has 0 spiro atoms. The number of nitro benzene ring substituents is 1. The highest BCUT2D eigenvalue weighted by atomic mass is 32.5. The third-order valence-electron chi connectivity index (χ3n) is 3.53. The third kappa shape index (κ3) is 2.59. The van der Waals surface area contributed by atoms with E-state index in [2.05, 4.69) is 4.67 Å². The Balaban J connectivity index is 1.84. The second-order valence-corrected chi connectivity index (χ2v) is 8.22. The molecule has 2 heterocycles. The molecule has 0 N–H and O–H groups in total. The molecular weight excluding hydrogens is 299 g/mol. The predicted molar refractivity (Wildman–Crippen MR) is 78.2 cm³/mol. The van der Waals surface area contributed by atoms with Crippen LogP contribution >= 0.6 is 6.64 Å². The summed E-state index contributed by atoms with van der Waals surface area (Å²) in [6, 6.07) is 4.56. The molecule has 6 nitrogen and oxygen atoms in total. The summed E-state index contributed by atoms with van der Waals surface area (Å²) in [7, 11) is 0. The monoisotopic (exact) mass is 314 g/mol. The lowest BCUT2D eigenvalue weighted by molar-refractivity contribution is -0.385. The molecule has 3 rings (SSSR count). The van der Waals surface area contributed by atoms with Crippen molar-refractivity contribution in [1.82, 2.24) is 4.67 Å². The number of piperidine rings is 1. The van der Waals surface area contributed by atoms with Gasteiger partial charge in [0, 0.05) is 30.8 Å². The molecule has 1 fully saturated rings. The summed E-state index contributed by atoms with van der Waals surface area (Å²) >= 11 is 5.59. The van der Waals surface area contributed by atoms with Gasteiger partial charge in [-0.2, -0.15) is 0 Å². The molecule has 2 aliphatic rings. The SMILES string of the molecule is O=[N+]([O-])c1ccc2c(c1)COP(=S)(N1CCCCC1)O2. The molecule has 1 aromatic rings. The van der Waals surface area contributed by atoms with Crippen LogP contribution in [0.5, 0.6) is 5.75 Å². The molecule has 20 heavy (non-hydrogen) atoms. The average molecular weight is 314 g/mol. The highest BCUT2D eigenvalue weighted by Gasteiger charge is 2.35. The van der Waals surface area contributed by atoms with Gasteiger partial charge in [0.25, 0.3) is 5.69 Å². The van der Waals surface area contributed by atoms with Gasteiger partial charge >= 0.3 is 6.64 Å². The van der Waals surface area contributed by atoms with Gasteiger partial charge in [-0.15, -0.1) is 0 Å². The fourth-order valence-corrected chi connectivity index (χ4v) is 5.17. The van der Waals surface area contributed by atoms with Crippen molar-refractivity contribution in [2.75, 3.05) is 13.1 Å². The minimum atomic E-state index is -2.46. The van der Waals surface area contributed by atoms with Crippen LogP contribution in [0.1, 0.15) is 24.8 Å². The van der Waals surface area contributed by atoms with Gasteiger partial charge in [-0.1, -0.05) is 6.42 Å². The molecule has 0 aromatic heterocycles. The predicted octanol–water partition coefficient (Wildman–Crippen LogP) is 3.21. The second-order valence-electron chi connectivity index (χ2n) is 4.90. The molecule has 1 saturated heterocycles. The Labute approximate surface area is 122 Å². The molecule has 0 amide bonds. The molecule has 0 bridgehead atoms. The zero-order chi connectivity index (χ0) is 14.2. The standard InChI is InChI=1S/C12H15N2O4PS/c15-14(16)11-4-5-12-10(8-11)9-17-19(20,18-12)13-6-2-1-3-7-13/h4-5,8H,1-3,6-7,9H2. The minimum Gasteiger partial charge on any atom is -0.432 e. The van der Waals surface area contributed by atoms with Crippen molar-refractivity contribution < 1.29 is 14.0 Å². The Morgan fingerprint density at radius 3 is 2.75 bits per heavy atom. The van der Waals surface area contributed by atoms with Crippen molar-refractivity contribution in [2.24, 2.45) is 0 Å². The summed E-state index contributed by atoms with van der Waals surface area (Å²) in [6.45, 7) is -0.376. The number of hydrogen-bond acceptors (Lipinski definition) is 5. The van der Waals surface area contributed by atoms with Crippen LogP contribution in [0.2, 0.25) is 0 Å². The normalized spacial score (nSPS) is 26.6. The summed E-state index contributed by atoms with van der Waals surface area (Å²) in [5, 5.41) is 10.8. The van der Waals surface area contributed by atoms with Crippen LogP contribution in [-0.2, 0) is 22.9 Å². The van der Waals surface area contributed by atoms with Gasteiger partial charge in [0.1, 0.15) is 5.75 Å². The minimum absolute atomic E-state index is 0.0455. The number of non-ortho nitro benzene ring substituents is 1. The summed E-state index contributed by atoms with van der Waals surface area (Å²) in [5.41, 5.74) is 0.737. The van der Waals surface area contributed by atoms with E-state index in [1.165, 1.54) is 18.6 Å². The van der Waals surface area contributed by atoms with E-state index in [0.717, 1.165) is 25.9 Å². The zero-order valence-corrected chi connectivity index (χ0v) is 12.6. The number of fused-ring (bicyclic) bond motifs is 1. The van der Waals surface area contributed by atoms with Gasteiger partial charge in [0.05, 0.1) is 11.5 Å². The maximum atomic E-state index is 10.8. The summed E-state index contributed by atoms with van der Waals surface area (Å²) in [6.07, 6.45) is 3.44. The summed E-state index contributed by atoms with van der Waals surface area (Å²) in [4.78, 5) is 10.3. The van der Waals surface area contributed by atoms with Crippen molar-refractivity contribution in [1.29, 1.82) is 0 Å². The fraction of sp³-hybridized carbons (Fsp3) is 0.500. The van der Waals surface area contributed by atoms with E-state index in [-0.39, 0.29) is 12.3 Å². The maximum absolute atomic E-state index is 10.8. The fourth-order valence-electron chi connectivity index (χ4n) is 2.44. The van der Waals surface area contributed by atoms with Crippen LogP contribution in [0, 0.1) is 10.1 Å². The van der Waals surface area contributed by atoms with Crippen LogP contribution in [0.3, 0.4) is 0 Å².